The third kappa shape index (κ3) is 4.04. The second kappa shape index (κ2) is 6.87. The topological polar surface area (TPSA) is 58.2 Å². The van der Waals surface area contributed by atoms with Gasteiger partial charge in [0, 0.05) is 17.5 Å². The van der Waals surface area contributed by atoms with Crippen molar-refractivity contribution in [1.82, 2.24) is 10.0 Å². The summed E-state index contributed by atoms with van der Waals surface area (Å²) < 4.78 is 28.2. The van der Waals surface area contributed by atoms with E-state index in [0.717, 1.165) is 30.7 Å². The Balaban J connectivity index is 2.03. The number of halogens is 1. The largest absolute Gasteiger partial charge is 0.312 e. The first kappa shape index (κ1) is 16.4. The fourth-order valence-electron chi connectivity index (χ4n) is 2.34. The van der Waals surface area contributed by atoms with Crippen LogP contribution in [0.5, 0.6) is 0 Å². The van der Waals surface area contributed by atoms with Gasteiger partial charge < -0.3 is 5.32 Å². The number of thiophene rings is 1. The molecule has 0 amide bonds. The number of sulfonamides is 1. The van der Waals surface area contributed by atoms with Gasteiger partial charge in [-0.2, -0.15) is 0 Å². The number of nitrogens with one attached hydrogen (secondary N) is 2. The normalized spacial score (nSPS) is 22.8. The molecule has 114 valence electrons. The van der Waals surface area contributed by atoms with E-state index >= 15 is 0 Å². The molecule has 0 aliphatic heterocycles. The van der Waals surface area contributed by atoms with Crippen LogP contribution < -0.4 is 10.0 Å². The molecule has 4 nitrogen and oxygen atoms in total. The highest BCUT2D eigenvalue weighted by atomic mass is 79.9. The van der Waals surface area contributed by atoms with Crippen molar-refractivity contribution in [3.8, 4) is 0 Å². The van der Waals surface area contributed by atoms with E-state index in [0.29, 0.717) is 21.1 Å². The lowest BCUT2D eigenvalue weighted by Crippen LogP contribution is -2.43. The van der Waals surface area contributed by atoms with Crippen LogP contribution in [0.4, 0.5) is 0 Å². The maximum absolute atomic E-state index is 12.4. The van der Waals surface area contributed by atoms with Gasteiger partial charge in [0.05, 0.1) is 3.79 Å². The molecule has 0 bridgehead atoms. The molecule has 1 aromatic rings. The smallest absolute Gasteiger partial charge is 0.242 e. The van der Waals surface area contributed by atoms with Crippen molar-refractivity contribution >= 4 is 37.3 Å². The van der Waals surface area contributed by atoms with Crippen LogP contribution in [0.1, 0.15) is 38.0 Å². The van der Waals surface area contributed by atoms with Crippen LogP contribution in [-0.4, -0.2) is 21.0 Å². The van der Waals surface area contributed by atoms with Crippen LogP contribution in [0.15, 0.2) is 14.7 Å². The zero-order chi connectivity index (χ0) is 14.8. The van der Waals surface area contributed by atoms with Crippen molar-refractivity contribution in [2.24, 2.45) is 5.92 Å². The zero-order valence-electron chi connectivity index (χ0n) is 11.8. The van der Waals surface area contributed by atoms with Gasteiger partial charge in [-0.05, 0) is 53.7 Å². The van der Waals surface area contributed by atoms with E-state index in [9.17, 15) is 8.42 Å². The summed E-state index contributed by atoms with van der Waals surface area (Å²) in [7, 11) is -3.40. The molecule has 1 saturated carbocycles. The monoisotopic (exact) mass is 380 g/mol. The molecule has 1 aromatic heterocycles. The molecule has 0 saturated heterocycles. The molecule has 0 unspecified atom stereocenters. The van der Waals surface area contributed by atoms with Gasteiger partial charge in [0.25, 0.3) is 0 Å². The van der Waals surface area contributed by atoms with E-state index in [4.69, 9.17) is 0 Å². The van der Waals surface area contributed by atoms with E-state index in [1.165, 1.54) is 11.3 Å². The molecule has 1 aliphatic rings. The first-order chi connectivity index (χ1) is 9.42. The van der Waals surface area contributed by atoms with Crippen molar-refractivity contribution in [1.29, 1.82) is 0 Å². The van der Waals surface area contributed by atoms with Crippen LogP contribution in [0.25, 0.3) is 0 Å². The average Bonchev–Trinajstić information content (AvgIpc) is 2.69. The van der Waals surface area contributed by atoms with Gasteiger partial charge in [0.1, 0.15) is 4.90 Å². The van der Waals surface area contributed by atoms with Gasteiger partial charge in [-0.25, -0.2) is 13.1 Å². The molecular formula is C13H21BrN2O2S2. The van der Waals surface area contributed by atoms with Gasteiger partial charge in [0.2, 0.25) is 10.0 Å². The lowest BCUT2D eigenvalue weighted by molar-refractivity contribution is 0.270. The van der Waals surface area contributed by atoms with Gasteiger partial charge in [0.15, 0.2) is 0 Å². The number of hydrogen-bond acceptors (Lipinski definition) is 4. The third-order valence-corrected chi connectivity index (χ3v) is 7.19. The summed E-state index contributed by atoms with van der Waals surface area (Å²) in [5, 5.41) is 3.29. The van der Waals surface area contributed by atoms with Crippen LogP contribution in [0, 0.1) is 5.92 Å². The van der Waals surface area contributed by atoms with Crippen molar-refractivity contribution in [2.75, 3.05) is 6.54 Å². The van der Waals surface area contributed by atoms with Crippen molar-refractivity contribution in [3.63, 3.8) is 0 Å². The molecule has 1 heterocycles. The van der Waals surface area contributed by atoms with Crippen LogP contribution >= 0.6 is 27.3 Å². The minimum Gasteiger partial charge on any atom is -0.312 e. The van der Waals surface area contributed by atoms with Crippen LogP contribution in [0.3, 0.4) is 0 Å². The van der Waals surface area contributed by atoms with E-state index in [1.807, 2.05) is 0 Å². The molecule has 0 radical (unpaired) electrons. The Morgan fingerprint density at radius 3 is 2.75 bits per heavy atom. The summed E-state index contributed by atoms with van der Waals surface area (Å²) in [6, 6.07) is 1.87. The molecule has 1 fully saturated rings. The quantitative estimate of drug-likeness (QED) is 0.714. The highest BCUT2D eigenvalue weighted by Crippen LogP contribution is 2.33. The van der Waals surface area contributed by atoms with E-state index in [1.54, 1.807) is 6.07 Å². The fourth-order valence-corrected chi connectivity index (χ4v) is 6.25. The molecule has 0 atom stereocenters. The molecular weight excluding hydrogens is 360 g/mol. The van der Waals surface area contributed by atoms with Gasteiger partial charge >= 0.3 is 0 Å². The van der Waals surface area contributed by atoms with Gasteiger partial charge in [-0.15, -0.1) is 11.3 Å². The Morgan fingerprint density at radius 1 is 1.45 bits per heavy atom. The lowest BCUT2D eigenvalue weighted by Gasteiger charge is -2.32. The summed E-state index contributed by atoms with van der Waals surface area (Å²) in [6.45, 7) is 5.91. The van der Waals surface area contributed by atoms with Crippen molar-refractivity contribution in [2.45, 2.75) is 50.6 Å². The molecule has 1 aliphatic carbocycles. The lowest BCUT2D eigenvalue weighted by atomic mass is 9.83. The van der Waals surface area contributed by atoms with E-state index in [2.05, 4.69) is 39.8 Å². The summed E-state index contributed by atoms with van der Waals surface area (Å²) >= 11 is 4.86. The summed E-state index contributed by atoms with van der Waals surface area (Å²) in [6.07, 6.45) is 2.94. The standard InChI is InChI=1S/C13H21BrN2O2S2/c1-3-4-15-8-11-7-12(13(14)19-11)20(17,18)16-10-5-9(2)6-10/h7,9-10,15-16H,3-6,8H2,1-2H3. The van der Waals surface area contributed by atoms with Gasteiger partial charge in [-0.1, -0.05) is 13.8 Å². The van der Waals surface area contributed by atoms with E-state index < -0.39 is 10.0 Å². The summed E-state index contributed by atoms with van der Waals surface area (Å²) in [4.78, 5) is 1.41. The Labute approximate surface area is 133 Å². The third-order valence-electron chi connectivity index (χ3n) is 3.42. The number of rotatable bonds is 7. The molecule has 7 heteroatoms. The molecule has 2 N–H and O–H groups in total. The Kier molecular flexibility index (Phi) is 5.64. The van der Waals surface area contributed by atoms with Crippen molar-refractivity contribution in [3.05, 3.63) is 14.7 Å². The fraction of sp³-hybridized carbons (Fsp3) is 0.692. The maximum atomic E-state index is 12.4. The predicted octanol–water partition coefficient (Wildman–Crippen LogP) is 3.09. The Morgan fingerprint density at radius 2 is 2.15 bits per heavy atom. The van der Waals surface area contributed by atoms with E-state index in [-0.39, 0.29) is 6.04 Å². The second-order valence-corrected chi connectivity index (χ2v) is 9.56. The molecule has 0 spiro atoms. The van der Waals surface area contributed by atoms with Crippen LogP contribution in [-0.2, 0) is 16.6 Å². The average molecular weight is 381 g/mol. The van der Waals surface area contributed by atoms with Gasteiger partial charge in [-0.3, -0.25) is 0 Å². The highest BCUT2D eigenvalue weighted by molar-refractivity contribution is 9.11. The second-order valence-electron chi connectivity index (χ2n) is 5.42. The molecule has 20 heavy (non-hydrogen) atoms. The summed E-state index contributed by atoms with van der Waals surface area (Å²) in [5.41, 5.74) is 0. The zero-order valence-corrected chi connectivity index (χ0v) is 15.0. The minimum atomic E-state index is -3.40. The summed E-state index contributed by atoms with van der Waals surface area (Å²) in [5.74, 6) is 0.627. The first-order valence-electron chi connectivity index (χ1n) is 6.93. The predicted molar refractivity (Wildman–Crippen MR) is 86.5 cm³/mol. The Bertz CT molecular complexity index is 551. The maximum Gasteiger partial charge on any atom is 0.242 e. The Hall–Kier alpha value is 0.0500. The SMILES string of the molecule is CCCNCc1cc(S(=O)(=O)NC2CC(C)C2)c(Br)s1. The highest BCUT2D eigenvalue weighted by Gasteiger charge is 2.31. The minimum absolute atomic E-state index is 0.100. The molecule has 2 rings (SSSR count). The number of hydrogen-bond donors (Lipinski definition) is 2. The van der Waals surface area contributed by atoms with Crippen LogP contribution in [0.2, 0.25) is 0 Å². The first-order valence-corrected chi connectivity index (χ1v) is 10.0. The van der Waals surface area contributed by atoms with Crippen molar-refractivity contribution < 1.29 is 8.42 Å². The molecule has 0 aromatic carbocycles.